The summed E-state index contributed by atoms with van der Waals surface area (Å²) in [5.74, 6) is 1.60. The summed E-state index contributed by atoms with van der Waals surface area (Å²) in [4.78, 5) is 11.3. The van der Waals surface area contributed by atoms with E-state index in [0.29, 0.717) is 5.78 Å². The number of rotatable bonds is 6. The summed E-state index contributed by atoms with van der Waals surface area (Å²) in [5, 5.41) is 7.76. The largest absolute Gasteiger partial charge is 0.374 e. The molecule has 4 rings (SSSR count). The molecule has 1 saturated heterocycles. The van der Waals surface area contributed by atoms with Gasteiger partial charge in [0.15, 0.2) is 0 Å². The van der Waals surface area contributed by atoms with Gasteiger partial charge in [-0.05, 0) is 19.3 Å². The number of nitrogens with zero attached hydrogens (tertiary/aromatic N) is 5. The van der Waals surface area contributed by atoms with E-state index in [-0.39, 0.29) is 6.10 Å². The Balaban J connectivity index is 1.45. The van der Waals surface area contributed by atoms with Crippen molar-refractivity contribution in [2.24, 2.45) is 0 Å². The Morgan fingerprint density at radius 3 is 3.13 bits per heavy atom. The van der Waals surface area contributed by atoms with Crippen LogP contribution < -0.4 is 5.32 Å². The van der Waals surface area contributed by atoms with Gasteiger partial charge in [0.1, 0.15) is 12.1 Å². The van der Waals surface area contributed by atoms with Gasteiger partial charge in [0.25, 0.3) is 5.78 Å². The molecule has 124 valence electrons. The second-order valence-corrected chi connectivity index (χ2v) is 6.45. The molecule has 0 radical (unpaired) electrons. The van der Waals surface area contributed by atoms with E-state index in [9.17, 15) is 0 Å². The number of morpholine rings is 1. The highest BCUT2D eigenvalue weighted by Crippen LogP contribution is 2.28. The van der Waals surface area contributed by atoms with E-state index < -0.39 is 0 Å². The average molecular weight is 316 g/mol. The summed E-state index contributed by atoms with van der Waals surface area (Å²) < 4.78 is 7.68. The van der Waals surface area contributed by atoms with Gasteiger partial charge in [-0.2, -0.15) is 14.6 Å². The van der Waals surface area contributed by atoms with Crippen LogP contribution in [0.2, 0.25) is 0 Å². The van der Waals surface area contributed by atoms with Gasteiger partial charge >= 0.3 is 0 Å². The van der Waals surface area contributed by atoms with Crippen LogP contribution in [0, 0.1) is 0 Å². The molecule has 2 aromatic rings. The minimum atomic E-state index is 0.228. The molecule has 2 aliphatic rings. The minimum absolute atomic E-state index is 0.228. The molecule has 0 aromatic carbocycles. The third kappa shape index (κ3) is 3.30. The first-order chi connectivity index (χ1) is 11.3. The molecule has 7 heteroatoms. The topological polar surface area (TPSA) is 67.6 Å². The van der Waals surface area contributed by atoms with E-state index in [1.165, 1.54) is 12.8 Å². The Morgan fingerprint density at radius 1 is 1.39 bits per heavy atom. The molecule has 2 fully saturated rings. The number of anilines is 1. The fourth-order valence-corrected chi connectivity index (χ4v) is 3.23. The first-order valence-electron chi connectivity index (χ1n) is 8.62. The molecule has 1 aliphatic carbocycles. The summed E-state index contributed by atoms with van der Waals surface area (Å²) in [6, 6.07) is 2.88. The van der Waals surface area contributed by atoms with E-state index in [1.54, 1.807) is 10.8 Å². The van der Waals surface area contributed by atoms with Crippen molar-refractivity contribution in [3.63, 3.8) is 0 Å². The van der Waals surface area contributed by atoms with E-state index in [2.05, 4.69) is 38.3 Å². The zero-order chi connectivity index (χ0) is 15.6. The van der Waals surface area contributed by atoms with Crippen molar-refractivity contribution in [2.45, 2.75) is 44.8 Å². The number of nitrogens with one attached hydrogen (secondary N) is 1. The minimum Gasteiger partial charge on any atom is -0.374 e. The number of hydrogen-bond donors (Lipinski definition) is 1. The molecular weight excluding hydrogens is 292 g/mol. The summed E-state index contributed by atoms with van der Waals surface area (Å²) >= 11 is 0. The molecule has 1 unspecified atom stereocenters. The Kier molecular flexibility index (Phi) is 4.13. The van der Waals surface area contributed by atoms with Gasteiger partial charge in [0.2, 0.25) is 0 Å². The van der Waals surface area contributed by atoms with Crippen molar-refractivity contribution in [1.82, 2.24) is 24.5 Å². The van der Waals surface area contributed by atoms with Crippen LogP contribution >= 0.6 is 0 Å². The van der Waals surface area contributed by atoms with Crippen molar-refractivity contribution in [3.8, 4) is 0 Å². The van der Waals surface area contributed by atoms with E-state index in [0.717, 1.165) is 56.6 Å². The predicted octanol–water partition coefficient (Wildman–Crippen LogP) is 1.35. The van der Waals surface area contributed by atoms with Crippen molar-refractivity contribution < 1.29 is 4.74 Å². The van der Waals surface area contributed by atoms with Crippen molar-refractivity contribution in [3.05, 3.63) is 18.1 Å². The lowest BCUT2D eigenvalue weighted by Gasteiger charge is -2.33. The highest BCUT2D eigenvalue weighted by atomic mass is 16.5. The monoisotopic (exact) mass is 316 g/mol. The van der Waals surface area contributed by atoms with Gasteiger partial charge in [0.05, 0.1) is 12.7 Å². The number of ether oxygens (including phenoxy) is 1. The normalized spacial score (nSPS) is 22.6. The van der Waals surface area contributed by atoms with Crippen LogP contribution in [0.5, 0.6) is 0 Å². The van der Waals surface area contributed by atoms with Crippen LogP contribution in [0.25, 0.3) is 5.78 Å². The van der Waals surface area contributed by atoms with Crippen molar-refractivity contribution >= 4 is 11.6 Å². The molecule has 0 bridgehead atoms. The SMILES string of the molecule is CCCc1cc(NCC2CN(C3CC3)CCO2)n2ncnc2n1. The summed E-state index contributed by atoms with van der Waals surface area (Å²) in [6.07, 6.45) is 6.50. The molecule has 1 aliphatic heterocycles. The molecule has 0 amide bonds. The third-order valence-electron chi connectivity index (χ3n) is 4.56. The maximum absolute atomic E-state index is 5.91. The summed E-state index contributed by atoms with van der Waals surface area (Å²) in [6.45, 7) is 5.87. The molecular formula is C16H24N6O. The number of aryl methyl sites for hydroxylation is 1. The van der Waals surface area contributed by atoms with Crippen LogP contribution in [0.3, 0.4) is 0 Å². The number of fused-ring (bicyclic) bond motifs is 1. The molecule has 1 N–H and O–H groups in total. The van der Waals surface area contributed by atoms with Gasteiger partial charge < -0.3 is 10.1 Å². The first kappa shape index (κ1) is 14.8. The molecule has 1 atom stereocenters. The van der Waals surface area contributed by atoms with Crippen LogP contribution in [0.1, 0.15) is 31.9 Å². The third-order valence-corrected chi connectivity index (χ3v) is 4.56. The lowest BCUT2D eigenvalue weighted by Crippen LogP contribution is -2.46. The maximum Gasteiger partial charge on any atom is 0.254 e. The fourth-order valence-electron chi connectivity index (χ4n) is 3.23. The molecule has 3 heterocycles. The molecule has 23 heavy (non-hydrogen) atoms. The van der Waals surface area contributed by atoms with Gasteiger partial charge in [-0.3, -0.25) is 4.90 Å². The second kappa shape index (κ2) is 6.41. The Labute approximate surface area is 136 Å². The smallest absolute Gasteiger partial charge is 0.254 e. The molecule has 7 nitrogen and oxygen atoms in total. The molecule has 1 saturated carbocycles. The van der Waals surface area contributed by atoms with Crippen LogP contribution in [0.4, 0.5) is 5.82 Å². The zero-order valence-corrected chi connectivity index (χ0v) is 13.6. The number of hydrogen-bond acceptors (Lipinski definition) is 6. The van der Waals surface area contributed by atoms with Crippen molar-refractivity contribution in [1.29, 1.82) is 0 Å². The Morgan fingerprint density at radius 2 is 2.30 bits per heavy atom. The Bertz CT molecular complexity index is 668. The highest BCUT2D eigenvalue weighted by molar-refractivity contribution is 5.45. The first-order valence-corrected chi connectivity index (χ1v) is 8.62. The van der Waals surface area contributed by atoms with Crippen LogP contribution in [-0.4, -0.2) is 62.9 Å². The predicted molar refractivity (Wildman–Crippen MR) is 87.6 cm³/mol. The van der Waals surface area contributed by atoms with Crippen molar-refractivity contribution in [2.75, 3.05) is 31.6 Å². The summed E-state index contributed by atoms with van der Waals surface area (Å²) in [7, 11) is 0. The Hall–Kier alpha value is -1.73. The standard InChI is InChI=1S/C16H24N6O/c1-2-3-12-8-15(22-16(20-12)18-11-19-22)17-9-14-10-21(6-7-23-14)13-4-5-13/h8,11,13-14,17H,2-7,9-10H2,1H3. The number of aromatic nitrogens is 4. The lowest BCUT2D eigenvalue weighted by molar-refractivity contribution is -0.0241. The van der Waals surface area contributed by atoms with E-state index in [4.69, 9.17) is 4.74 Å². The van der Waals surface area contributed by atoms with Gasteiger partial charge in [-0.25, -0.2) is 4.98 Å². The quantitative estimate of drug-likeness (QED) is 0.868. The van der Waals surface area contributed by atoms with E-state index >= 15 is 0 Å². The average Bonchev–Trinajstić information content (AvgIpc) is 3.31. The van der Waals surface area contributed by atoms with Gasteiger partial charge in [-0.1, -0.05) is 13.3 Å². The maximum atomic E-state index is 5.91. The van der Waals surface area contributed by atoms with Crippen LogP contribution in [-0.2, 0) is 11.2 Å². The van der Waals surface area contributed by atoms with E-state index in [1.807, 2.05) is 0 Å². The lowest BCUT2D eigenvalue weighted by atomic mass is 10.2. The zero-order valence-electron chi connectivity index (χ0n) is 13.6. The second-order valence-electron chi connectivity index (χ2n) is 6.45. The fraction of sp³-hybridized carbons (Fsp3) is 0.688. The highest BCUT2D eigenvalue weighted by Gasteiger charge is 2.32. The van der Waals surface area contributed by atoms with Gasteiger partial charge in [-0.15, -0.1) is 0 Å². The molecule has 0 spiro atoms. The van der Waals surface area contributed by atoms with Gasteiger partial charge in [0, 0.05) is 37.4 Å². The summed E-state index contributed by atoms with van der Waals surface area (Å²) in [5.41, 5.74) is 1.06. The molecule has 2 aromatic heterocycles. The van der Waals surface area contributed by atoms with Crippen LogP contribution in [0.15, 0.2) is 12.4 Å².